The Balaban J connectivity index is 1.32. The highest BCUT2D eigenvalue weighted by Crippen LogP contribution is 2.36. The fraction of sp³-hybridized carbons (Fsp3) is 0. The van der Waals surface area contributed by atoms with Crippen LogP contribution in [0.4, 0.5) is 5.69 Å². The molecule has 0 aliphatic rings. The van der Waals surface area contributed by atoms with E-state index in [2.05, 4.69) is 20.8 Å². The topological polar surface area (TPSA) is 71.8 Å². The van der Waals surface area contributed by atoms with E-state index in [1.165, 1.54) is 11.3 Å². The number of carbonyl (C=O) groups is 1. The predicted molar refractivity (Wildman–Crippen MR) is 134 cm³/mol. The molecule has 0 spiro atoms. The van der Waals surface area contributed by atoms with Gasteiger partial charge in [-0.25, -0.2) is 0 Å². The molecule has 3 aromatic carbocycles. The van der Waals surface area contributed by atoms with Gasteiger partial charge in [0, 0.05) is 20.8 Å². The monoisotopic (exact) mass is 497 g/mol. The number of para-hydroxylation sites is 1. The minimum Gasteiger partial charge on any atom is -0.332 e. The average molecular weight is 498 g/mol. The lowest BCUT2D eigenvalue weighted by atomic mass is 10.2. The quantitative estimate of drug-likeness (QED) is 0.296. The molecule has 32 heavy (non-hydrogen) atoms. The molecule has 0 unspecified atom stereocenters. The van der Waals surface area contributed by atoms with Crippen LogP contribution in [0, 0.1) is 0 Å². The standard InChI is InChI=1S/C22H13Cl2N5OS2/c23-12-6-8-15-18(10-12)32-20(19(15)24)21(30)26-22(31)25-13-7-9-16-17(11-13)28-29(27-16)14-4-2-1-3-5-14/h1-11H,(H2,25,26,30,31). The number of hydrogen-bond acceptors (Lipinski definition) is 5. The van der Waals surface area contributed by atoms with Crippen LogP contribution in [0.3, 0.4) is 0 Å². The van der Waals surface area contributed by atoms with Gasteiger partial charge in [-0.15, -0.1) is 21.5 Å². The lowest BCUT2D eigenvalue weighted by Crippen LogP contribution is -2.33. The minimum absolute atomic E-state index is 0.149. The van der Waals surface area contributed by atoms with Gasteiger partial charge in [0.15, 0.2) is 5.11 Å². The first-order valence-corrected chi connectivity index (χ1v) is 11.4. The Hall–Kier alpha value is -3.04. The number of anilines is 1. The second-order valence-corrected chi connectivity index (χ2v) is 9.10. The highest BCUT2D eigenvalue weighted by Gasteiger charge is 2.18. The second-order valence-electron chi connectivity index (χ2n) is 6.82. The Bertz CT molecular complexity index is 1500. The third-order valence-electron chi connectivity index (χ3n) is 4.65. The van der Waals surface area contributed by atoms with Crippen LogP contribution < -0.4 is 10.6 Å². The van der Waals surface area contributed by atoms with Gasteiger partial charge in [0.1, 0.15) is 15.9 Å². The number of carbonyl (C=O) groups excluding carboxylic acids is 1. The van der Waals surface area contributed by atoms with Crippen LogP contribution in [-0.2, 0) is 0 Å². The number of thiocarbonyl (C=S) groups is 1. The van der Waals surface area contributed by atoms with Crippen LogP contribution in [0.1, 0.15) is 9.67 Å². The van der Waals surface area contributed by atoms with E-state index >= 15 is 0 Å². The summed E-state index contributed by atoms with van der Waals surface area (Å²) >= 11 is 19.0. The molecule has 0 bridgehead atoms. The molecule has 2 N–H and O–H groups in total. The lowest BCUT2D eigenvalue weighted by Gasteiger charge is -2.08. The molecule has 0 radical (unpaired) electrons. The lowest BCUT2D eigenvalue weighted by molar-refractivity contribution is 0.0982. The molecule has 0 fully saturated rings. The molecule has 0 aliphatic carbocycles. The molecular formula is C22H13Cl2N5OS2. The smallest absolute Gasteiger partial charge is 0.269 e. The molecule has 0 atom stereocenters. The largest absolute Gasteiger partial charge is 0.332 e. The normalized spacial score (nSPS) is 11.1. The molecular weight excluding hydrogens is 485 g/mol. The maximum atomic E-state index is 12.7. The molecule has 1 amide bonds. The van der Waals surface area contributed by atoms with Gasteiger partial charge < -0.3 is 5.32 Å². The van der Waals surface area contributed by atoms with Gasteiger partial charge in [0.2, 0.25) is 0 Å². The van der Waals surface area contributed by atoms with Gasteiger partial charge in [0.05, 0.1) is 10.7 Å². The van der Waals surface area contributed by atoms with E-state index < -0.39 is 0 Å². The first kappa shape index (κ1) is 20.8. The summed E-state index contributed by atoms with van der Waals surface area (Å²) in [7, 11) is 0. The van der Waals surface area contributed by atoms with Gasteiger partial charge in [0.25, 0.3) is 5.91 Å². The van der Waals surface area contributed by atoms with Gasteiger partial charge >= 0.3 is 0 Å². The second kappa shape index (κ2) is 8.48. The van der Waals surface area contributed by atoms with Crippen LogP contribution in [0.25, 0.3) is 26.8 Å². The summed E-state index contributed by atoms with van der Waals surface area (Å²) in [6.07, 6.45) is 0. The van der Waals surface area contributed by atoms with Gasteiger partial charge in [-0.2, -0.15) is 4.80 Å². The number of hydrogen-bond donors (Lipinski definition) is 2. The highest BCUT2D eigenvalue weighted by molar-refractivity contribution is 7.80. The third-order valence-corrected chi connectivity index (χ3v) is 6.75. The Labute approximate surface area is 201 Å². The zero-order valence-corrected chi connectivity index (χ0v) is 19.3. The van der Waals surface area contributed by atoms with Crippen molar-refractivity contribution in [2.45, 2.75) is 0 Å². The Morgan fingerprint density at radius 3 is 2.56 bits per heavy atom. The van der Waals surface area contributed by atoms with Crippen LogP contribution in [0.2, 0.25) is 10.0 Å². The minimum atomic E-state index is -0.388. The van der Waals surface area contributed by atoms with E-state index in [1.54, 1.807) is 23.0 Å². The molecule has 5 aromatic rings. The summed E-state index contributed by atoms with van der Waals surface area (Å²) in [5, 5.41) is 16.6. The van der Waals surface area contributed by atoms with Gasteiger partial charge in [-0.3, -0.25) is 10.1 Å². The van der Waals surface area contributed by atoms with Crippen molar-refractivity contribution in [3.63, 3.8) is 0 Å². The number of nitrogens with zero attached hydrogens (tertiary/aromatic N) is 3. The molecule has 0 saturated carbocycles. The Kier molecular flexibility index (Phi) is 5.52. The summed E-state index contributed by atoms with van der Waals surface area (Å²) in [5.74, 6) is -0.388. The SMILES string of the molecule is O=C(NC(=S)Nc1ccc2nn(-c3ccccc3)nc2c1)c1sc2cc(Cl)ccc2c1Cl. The van der Waals surface area contributed by atoms with Crippen molar-refractivity contribution in [1.29, 1.82) is 0 Å². The molecule has 5 rings (SSSR count). The van der Waals surface area contributed by atoms with Crippen molar-refractivity contribution >= 4 is 84.6 Å². The van der Waals surface area contributed by atoms with Crippen molar-refractivity contribution in [2.75, 3.05) is 5.32 Å². The van der Waals surface area contributed by atoms with E-state index in [4.69, 9.17) is 35.4 Å². The van der Waals surface area contributed by atoms with Crippen LogP contribution in [0.5, 0.6) is 0 Å². The first-order valence-electron chi connectivity index (χ1n) is 9.40. The predicted octanol–water partition coefficient (Wildman–Crippen LogP) is 6.07. The van der Waals surface area contributed by atoms with E-state index in [0.29, 0.717) is 26.1 Å². The highest BCUT2D eigenvalue weighted by atomic mass is 35.5. The molecule has 2 heterocycles. The fourth-order valence-corrected chi connectivity index (χ4v) is 5.08. The number of amides is 1. The van der Waals surface area contributed by atoms with Crippen LogP contribution in [-0.4, -0.2) is 26.0 Å². The van der Waals surface area contributed by atoms with E-state index in [-0.39, 0.29) is 11.0 Å². The number of benzene rings is 3. The third kappa shape index (κ3) is 4.05. The number of thiophene rings is 1. The molecule has 2 aromatic heterocycles. The summed E-state index contributed by atoms with van der Waals surface area (Å²) in [5.41, 5.74) is 2.97. The molecule has 0 aliphatic heterocycles. The fourth-order valence-electron chi connectivity index (χ4n) is 3.18. The van der Waals surface area contributed by atoms with Crippen molar-refractivity contribution in [3.8, 4) is 5.69 Å². The van der Waals surface area contributed by atoms with Crippen molar-refractivity contribution in [3.05, 3.63) is 81.7 Å². The number of aromatic nitrogens is 3. The van der Waals surface area contributed by atoms with Crippen LogP contribution in [0.15, 0.2) is 66.7 Å². The number of nitrogens with one attached hydrogen (secondary N) is 2. The van der Waals surface area contributed by atoms with Crippen LogP contribution >= 0.6 is 46.8 Å². The molecule has 6 nitrogen and oxygen atoms in total. The summed E-state index contributed by atoms with van der Waals surface area (Å²) in [6, 6.07) is 20.4. The summed E-state index contributed by atoms with van der Waals surface area (Å²) in [6.45, 7) is 0. The van der Waals surface area contributed by atoms with Crippen molar-refractivity contribution in [2.24, 2.45) is 0 Å². The first-order chi connectivity index (χ1) is 15.5. The van der Waals surface area contributed by atoms with E-state index in [9.17, 15) is 4.79 Å². The van der Waals surface area contributed by atoms with Crippen molar-refractivity contribution < 1.29 is 4.79 Å². The molecule has 0 saturated heterocycles. The van der Waals surface area contributed by atoms with E-state index in [0.717, 1.165) is 21.3 Å². The zero-order chi connectivity index (χ0) is 22.2. The van der Waals surface area contributed by atoms with E-state index in [1.807, 2.05) is 48.5 Å². The molecule has 10 heteroatoms. The van der Waals surface area contributed by atoms with Gasteiger partial charge in [-0.05, 0) is 54.7 Å². The summed E-state index contributed by atoms with van der Waals surface area (Å²) in [4.78, 5) is 14.7. The number of rotatable bonds is 3. The zero-order valence-electron chi connectivity index (χ0n) is 16.2. The van der Waals surface area contributed by atoms with Crippen molar-refractivity contribution in [1.82, 2.24) is 20.3 Å². The maximum absolute atomic E-state index is 12.7. The number of fused-ring (bicyclic) bond motifs is 2. The Morgan fingerprint density at radius 1 is 0.969 bits per heavy atom. The number of halogens is 2. The average Bonchev–Trinajstić information content (AvgIpc) is 3.35. The Morgan fingerprint density at radius 2 is 1.75 bits per heavy atom. The molecule has 158 valence electrons. The summed E-state index contributed by atoms with van der Waals surface area (Å²) < 4.78 is 0.832. The maximum Gasteiger partial charge on any atom is 0.269 e. The van der Waals surface area contributed by atoms with Gasteiger partial charge in [-0.1, -0.05) is 47.5 Å².